The second-order valence-electron chi connectivity index (χ2n) is 4.99. The summed E-state index contributed by atoms with van der Waals surface area (Å²) < 4.78 is 1.16. The molecule has 0 heterocycles. The van der Waals surface area contributed by atoms with Crippen LogP contribution in [0, 0.1) is 6.92 Å². The van der Waals surface area contributed by atoms with E-state index in [0.717, 1.165) is 4.47 Å². The van der Waals surface area contributed by atoms with E-state index in [1.54, 1.807) is 0 Å². The van der Waals surface area contributed by atoms with Crippen LogP contribution in [0.25, 0.3) is 0 Å². The van der Waals surface area contributed by atoms with Gasteiger partial charge in [-0.2, -0.15) is 0 Å². The lowest BCUT2D eigenvalue weighted by Crippen LogP contribution is -2.23. The molecule has 100 valence electrons. The van der Waals surface area contributed by atoms with Crippen LogP contribution in [0.3, 0.4) is 0 Å². The molecule has 0 aliphatic rings. The second-order valence-corrected chi connectivity index (χ2v) is 5.84. The van der Waals surface area contributed by atoms with Gasteiger partial charge in [-0.3, -0.25) is 0 Å². The van der Waals surface area contributed by atoms with Crippen LogP contribution in [-0.4, -0.2) is 0 Å². The fourth-order valence-electron chi connectivity index (χ4n) is 2.45. The maximum atomic E-state index is 3.66. The average molecular weight is 318 g/mol. The average Bonchev–Trinajstić information content (AvgIpc) is 2.39. The molecule has 2 atom stereocenters. The normalized spacial score (nSPS) is 14.1. The smallest absolute Gasteiger partial charge is 0.0308 e. The first-order valence-corrected chi connectivity index (χ1v) is 7.45. The van der Waals surface area contributed by atoms with Crippen LogP contribution in [0.4, 0.5) is 0 Å². The molecule has 1 nitrogen and oxygen atoms in total. The van der Waals surface area contributed by atoms with E-state index in [4.69, 9.17) is 0 Å². The van der Waals surface area contributed by atoms with Gasteiger partial charge in [-0.25, -0.2) is 0 Å². The standard InChI is InChI=1S/C17H20BrN/c1-12-8-4-5-9-15(12)13(2)19-14(3)16-10-6-7-11-17(16)18/h4-11,13-14,19H,1-3H3/t13?,14-/m1/s1. The summed E-state index contributed by atoms with van der Waals surface area (Å²) >= 11 is 3.62. The molecule has 0 spiro atoms. The van der Waals surface area contributed by atoms with Gasteiger partial charge in [-0.15, -0.1) is 0 Å². The summed E-state index contributed by atoms with van der Waals surface area (Å²) in [6.45, 7) is 6.58. The van der Waals surface area contributed by atoms with Crippen molar-refractivity contribution in [2.75, 3.05) is 0 Å². The van der Waals surface area contributed by atoms with Crippen molar-refractivity contribution in [3.05, 3.63) is 69.7 Å². The highest BCUT2D eigenvalue weighted by Gasteiger charge is 2.14. The van der Waals surface area contributed by atoms with Crippen molar-refractivity contribution in [2.45, 2.75) is 32.9 Å². The fraction of sp³-hybridized carbons (Fsp3) is 0.294. The van der Waals surface area contributed by atoms with Crippen LogP contribution in [0.2, 0.25) is 0 Å². The van der Waals surface area contributed by atoms with Crippen molar-refractivity contribution < 1.29 is 0 Å². The van der Waals surface area contributed by atoms with Crippen LogP contribution < -0.4 is 5.32 Å². The van der Waals surface area contributed by atoms with Crippen molar-refractivity contribution >= 4 is 15.9 Å². The lowest BCUT2D eigenvalue weighted by Gasteiger charge is -2.23. The highest BCUT2D eigenvalue weighted by molar-refractivity contribution is 9.10. The largest absolute Gasteiger partial charge is 0.304 e. The van der Waals surface area contributed by atoms with E-state index in [1.807, 2.05) is 6.07 Å². The van der Waals surface area contributed by atoms with E-state index in [9.17, 15) is 0 Å². The van der Waals surface area contributed by atoms with Crippen LogP contribution >= 0.6 is 15.9 Å². The van der Waals surface area contributed by atoms with Gasteiger partial charge in [0.25, 0.3) is 0 Å². The maximum Gasteiger partial charge on any atom is 0.0308 e. The fourth-order valence-corrected chi connectivity index (χ4v) is 3.08. The maximum absolute atomic E-state index is 3.66. The third kappa shape index (κ3) is 3.46. The molecule has 0 fully saturated rings. The van der Waals surface area contributed by atoms with Gasteiger partial charge in [0.05, 0.1) is 0 Å². The highest BCUT2D eigenvalue weighted by Crippen LogP contribution is 2.26. The molecule has 0 aliphatic heterocycles. The minimum absolute atomic E-state index is 0.310. The molecule has 2 aromatic rings. The van der Waals surface area contributed by atoms with Gasteiger partial charge in [-0.1, -0.05) is 58.4 Å². The molecule has 0 radical (unpaired) electrons. The molecule has 19 heavy (non-hydrogen) atoms. The molecule has 0 saturated carbocycles. The van der Waals surface area contributed by atoms with E-state index in [-0.39, 0.29) is 0 Å². The Labute approximate surface area is 124 Å². The Morgan fingerprint density at radius 1 is 0.842 bits per heavy atom. The third-order valence-corrected chi connectivity index (χ3v) is 4.25. The predicted octanol–water partition coefficient (Wildman–Crippen LogP) is 5.17. The lowest BCUT2D eigenvalue weighted by molar-refractivity contribution is 0.492. The van der Waals surface area contributed by atoms with Gasteiger partial charge in [0.15, 0.2) is 0 Å². The van der Waals surface area contributed by atoms with Crippen molar-refractivity contribution in [2.24, 2.45) is 0 Å². The van der Waals surface area contributed by atoms with Crippen molar-refractivity contribution in [1.82, 2.24) is 5.32 Å². The third-order valence-electron chi connectivity index (χ3n) is 3.53. The first kappa shape index (κ1) is 14.3. The molecule has 1 unspecified atom stereocenters. The lowest BCUT2D eigenvalue weighted by atomic mass is 10.0. The minimum atomic E-state index is 0.310. The van der Waals surface area contributed by atoms with Crippen molar-refractivity contribution in [3.63, 3.8) is 0 Å². The highest BCUT2D eigenvalue weighted by atomic mass is 79.9. The number of benzene rings is 2. The Morgan fingerprint density at radius 3 is 2.00 bits per heavy atom. The summed E-state index contributed by atoms with van der Waals surface area (Å²) in [4.78, 5) is 0. The monoisotopic (exact) mass is 317 g/mol. The quantitative estimate of drug-likeness (QED) is 0.820. The first-order chi connectivity index (χ1) is 9.09. The molecule has 0 aromatic heterocycles. The SMILES string of the molecule is Cc1ccccc1C(C)N[C@H](C)c1ccccc1Br. The van der Waals surface area contributed by atoms with E-state index in [1.165, 1.54) is 16.7 Å². The number of aryl methyl sites for hydroxylation is 1. The molecule has 0 saturated heterocycles. The van der Waals surface area contributed by atoms with Gasteiger partial charge >= 0.3 is 0 Å². The first-order valence-electron chi connectivity index (χ1n) is 6.65. The van der Waals surface area contributed by atoms with Crippen LogP contribution in [-0.2, 0) is 0 Å². The Balaban J connectivity index is 2.13. The Morgan fingerprint density at radius 2 is 1.37 bits per heavy atom. The van der Waals surface area contributed by atoms with Gasteiger partial charge in [0, 0.05) is 16.6 Å². The van der Waals surface area contributed by atoms with Crippen molar-refractivity contribution in [1.29, 1.82) is 0 Å². The molecular weight excluding hydrogens is 298 g/mol. The number of rotatable bonds is 4. The number of hydrogen-bond donors (Lipinski definition) is 1. The van der Waals surface area contributed by atoms with E-state index in [0.29, 0.717) is 12.1 Å². The van der Waals surface area contributed by atoms with Crippen LogP contribution in [0.5, 0.6) is 0 Å². The zero-order valence-electron chi connectivity index (χ0n) is 11.7. The van der Waals surface area contributed by atoms with E-state index < -0.39 is 0 Å². The summed E-state index contributed by atoms with van der Waals surface area (Å²) in [5.74, 6) is 0. The van der Waals surface area contributed by atoms with E-state index in [2.05, 4.69) is 84.5 Å². The minimum Gasteiger partial charge on any atom is -0.304 e. The number of hydrogen-bond acceptors (Lipinski definition) is 1. The van der Waals surface area contributed by atoms with Gasteiger partial charge in [0.2, 0.25) is 0 Å². The zero-order valence-corrected chi connectivity index (χ0v) is 13.2. The Hall–Kier alpha value is -1.12. The molecular formula is C17H20BrN. The summed E-state index contributed by atoms with van der Waals surface area (Å²) in [6, 6.07) is 17.6. The van der Waals surface area contributed by atoms with E-state index >= 15 is 0 Å². The molecule has 2 rings (SSSR count). The topological polar surface area (TPSA) is 12.0 Å². The molecule has 2 heteroatoms. The number of nitrogens with one attached hydrogen (secondary N) is 1. The van der Waals surface area contributed by atoms with Crippen LogP contribution in [0.15, 0.2) is 53.0 Å². The Bertz CT molecular complexity index is 501. The molecule has 0 bridgehead atoms. The summed E-state index contributed by atoms with van der Waals surface area (Å²) in [7, 11) is 0. The summed E-state index contributed by atoms with van der Waals surface area (Å²) in [5.41, 5.74) is 3.99. The van der Waals surface area contributed by atoms with Crippen molar-refractivity contribution in [3.8, 4) is 0 Å². The molecule has 2 aromatic carbocycles. The molecule has 1 N–H and O–H groups in total. The molecule has 0 amide bonds. The van der Waals surface area contributed by atoms with Crippen LogP contribution in [0.1, 0.15) is 42.6 Å². The van der Waals surface area contributed by atoms with Gasteiger partial charge in [0.1, 0.15) is 0 Å². The predicted molar refractivity (Wildman–Crippen MR) is 85.3 cm³/mol. The number of halogens is 1. The zero-order chi connectivity index (χ0) is 13.8. The van der Waals surface area contributed by atoms with Gasteiger partial charge in [-0.05, 0) is 43.5 Å². The van der Waals surface area contributed by atoms with Gasteiger partial charge < -0.3 is 5.32 Å². The summed E-state index contributed by atoms with van der Waals surface area (Å²) in [5, 5.41) is 3.66. The molecule has 0 aliphatic carbocycles. The second kappa shape index (κ2) is 6.36. The summed E-state index contributed by atoms with van der Waals surface area (Å²) in [6.07, 6.45) is 0. The Kier molecular flexibility index (Phi) is 4.78.